The van der Waals surface area contributed by atoms with Gasteiger partial charge in [-0.25, -0.2) is 0 Å². The molecule has 3 fully saturated rings. The minimum atomic E-state index is -1.82. The number of allylic oxidation sites excluding steroid dienone is 2. The van der Waals surface area contributed by atoms with E-state index in [0.29, 0.717) is 36.8 Å². The number of aliphatic hydroxyl groups excluding tert-OH is 1. The van der Waals surface area contributed by atoms with E-state index in [1.54, 1.807) is 38.1 Å². The fraction of sp³-hybridized carbons (Fsp3) is 0.727. The Kier molecular flexibility index (Phi) is 13.2. The van der Waals surface area contributed by atoms with Crippen LogP contribution >= 0.6 is 0 Å². The summed E-state index contributed by atoms with van der Waals surface area (Å²) in [4.78, 5) is 28.3. The van der Waals surface area contributed by atoms with Gasteiger partial charge >= 0.3 is 5.97 Å². The summed E-state index contributed by atoms with van der Waals surface area (Å²) in [5.74, 6) is -2.56. The summed E-state index contributed by atoms with van der Waals surface area (Å²) in [6.07, 6.45) is 11.3. The lowest BCUT2D eigenvalue weighted by molar-refractivity contribution is -0.300. The van der Waals surface area contributed by atoms with Crippen LogP contribution < -0.4 is 0 Å². The number of ether oxygens (including phenoxy) is 7. The Bertz CT molecular complexity index is 1600. The molecule has 5 aliphatic heterocycles. The number of esters is 1. The normalized spacial score (nSPS) is 46.0. The van der Waals surface area contributed by atoms with E-state index < -0.39 is 54.0 Å². The standard InChI is InChI=1S/C44H65NO11/c1-11-24(2)40-27(5)17-18-43(56-40)22-33-20-32(55-43)16-15-26(4)39(54-36-21-35(50-10)37(29(7)52-36)45(9)30(8)46)25(3)13-12-14-31-23-51-41-38(47)28(6)19-34(42(48)53-33)44(31,41)49/h12-15,17-19,24-25,27,29,32-41,47,49H,11,16,20-23H2,1-10H3/b13-12+,26-15+,31-14+/t24-,25-,27-,29-,32+,33-,34-,35-,36-,37-,38+,39-,40+,41+,43+,44+/m0/s1. The lowest BCUT2D eigenvalue weighted by Crippen LogP contribution is -2.58. The van der Waals surface area contributed by atoms with Gasteiger partial charge in [-0.05, 0) is 55.9 Å². The molecule has 12 nitrogen and oxygen atoms in total. The summed E-state index contributed by atoms with van der Waals surface area (Å²) < 4.78 is 45.3. The molecular formula is C44H65NO11. The number of carbonyl (C=O) groups excluding carboxylic acids is 2. The van der Waals surface area contributed by atoms with Crippen molar-refractivity contribution in [3.63, 3.8) is 0 Å². The Morgan fingerprint density at radius 3 is 2.54 bits per heavy atom. The van der Waals surface area contributed by atoms with Crippen LogP contribution in [0.15, 0.2) is 59.3 Å². The van der Waals surface area contributed by atoms with Crippen LogP contribution in [-0.2, 0) is 42.7 Å². The smallest absolute Gasteiger partial charge is 0.316 e. The molecule has 0 aromatic heterocycles. The van der Waals surface area contributed by atoms with Crippen molar-refractivity contribution in [1.29, 1.82) is 0 Å². The van der Waals surface area contributed by atoms with E-state index in [1.165, 1.54) is 6.92 Å². The Morgan fingerprint density at radius 2 is 1.84 bits per heavy atom. The molecule has 0 radical (unpaired) electrons. The Balaban J connectivity index is 1.37. The van der Waals surface area contributed by atoms with Gasteiger partial charge in [0.25, 0.3) is 0 Å². The second-order valence-electron chi connectivity index (χ2n) is 17.2. The zero-order valence-corrected chi connectivity index (χ0v) is 34.9. The third-order valence-corrected chi connectivity index (χ3v) is 13.2. The lowest BCUT2D eigenvalue weighted by atomic mass is 9.71. The van der Waals surface area contributed by atoms with Crippen molar-refractivity contribution in [1.82, 2.24) is 4.90 Å². The van der Waals surface area contributed by atoms with Gasteiger partial charge in [0.05, 0.1) is 43.2 Å². The predicted molar refractivity (Wildman–Crippen MR) is 209 cm³/mol. The van der Waals surface area contributed by atoms with E-state index in [2.05, 4.69) is 39.8 Å². The maximum atomic E-state index is 14.3. The second-order valence-corrected chi connectivity index (χ2v) is 17.2. The van der Waals surface area contributed by atoms with Crippen LogP contribution in [0.1, 0.15) is 87.5 Å². The zero-order chi connectivity index (χ0) is 40.7. The highest BCUT2D eigenvalue weighted by Crippen LogP contribution is 2.47. The number of hydrogen-bond donors (Lipinski definition) is 2. The first-order valence-corrected chi connectivity index (χ1v) is 20.6. The topological polar surface area (TPSA) is 142 Å². The monoisotopic (exact) mass is 783 g/mol. The van der Waals surface area contributed by atoms with Crippen molar-refractivity contribution in [2.75, 3.05) is 20.8 Å². The zero-order valence-electron chi connectivity index (χ0n) is 34.9. The number of hydrogen-bond acceptors (Lipinski definition) is 11. The van der Waals surface area contributed by atoms with E-state index in [-0.39, 0.29) is 60.7 Å². The van der Waals surface area contributed by atoms with Crippen molar-refractivity contribution in [2.45, 2.75) is 160 Å². The Labute approximate surface area is 332 Å². The molecule has 12 heteroatoms. The lowest BCUT2D eigenvalue weighted by Gasteiger charge is -2.48. The van der Waals surface area contributed by atoms with E-state index in [0.717, 1.165) is 12.0 Å². The second kappa shape index (κ2) is 17.3. The van der Waals surface area contributed by atoms with Crippen molar-refractivity contribution in [3.8, 4) is 0 Å². The summed E-state index contributed by atoms with van der Waals surface area (Å²) in [6.45, 7) is 15.8. The number of carbonyl (C=O) groups is 2. The maximum Gasteiger partial charge on any atom is 0.316 e. The third kappa shape index (κ3) is 8.41. The summed E-state index contributed by atoms with van der Waals surface area (Å²) in [5, 5.41) is 23.6. The van der Waals surface area contributed by atoms with Gasteiger partial charge in [-0.2, -0.15) is 0 Å². The number of rotatable bonds is 6. The maximum absolute atomic E-state index is 14.3. The van der Waals surface area contributed by atoms with Crippen LogP contribution in [0.3, 0.4) is 0 Å². The molecule has 56 heavy (non-hydrogen) atoms. The molecule has 6 rings (SSSR count). The van der Waals surface area contributed by atoms with Crippen LogP contribution in [0.4, 0.5) is 0 Å². The number of fused-ring (bicyclic) bond motifs is 2. The van der Waals surface area contributed by atoms with Crippen molar-refractivity contribution < 1.29 is 53.0 Å². The van der Waals surface area contributed by atoms with Crippen LogP contribution in [0, 0.1) is 23.7 Å². The molecule has 0 unspecified atom stereocenters. The number of nitrogens with zero attached hydrogens (tertiary/aromatic N) is 1. The molecule has 5 heterocycles. The summed E-state index contributed by atoms with van der Waals surface area (Å²) in [6, 6.07) is -0.268. The SMILES string of the molecule is CC[C@H](C)[C@H]1O[C@]2(C=C[C@@H]1C)C[C@@H]1C[C@@H](C/C=C(\C)[C@@H](O[C@H]3C[C@H](OC)[C@@H](N(C)C(C)=O)[C@H](C)O3)[C@@H](C)/C=C/C=C3\CO[C@@H]4[C@H](O)C(C)=C[C@@H](C(=O)O1)[C@]34O)O2. The molecule has 2 N–H and O–H groups in total. The molecule has 0 aromatic carbocycles. The molecule has 0 aromatic rings. The molecule has 6 aliphatic rings. The first kappa shape index (κ1) is 42.9. The van der Waals surface area contributed by atoms with Gasteiger partial charge in [-0.15, -0.1) is 0 Å². The minimum absolute atomic E-state index is 0.0407. The third-order valence-electron chi connectivity index (χ3n) is 13.2. The number of likely N-dealkylation sites (N-methyl/N-ethyl adjacent to an activating group) is 1. The number of methoxy groups -OCH3 is 1. The molecule has 0 saturated carbocycles. The quantitative estimate of drug-likeness (QED) is 0.267. The molecule has 16 atom stereocenters. The number of aliphatic hydroxyl groups is 2. The molecule has 2 bridgehead atoms. The van der Waals surface area contributed by atoms with Gasteiger partial charge in [0.2, 0.25) is 5.91 Å². The highest BCUT2D eigenvalue weighted by atomic mass is 16.7. The average molecular weight is 784 g/mol. The fourth-order valence-corrected chi connectivity index (χ4v) is 9.64. The largest absolute Gasteiger partial charge is 0.462 e. The highest BCUT2D eigenvalue weighted by molar-refractivity contribution is 5.78. The number of amides is 1. The molecule has 312 valence electrons. The summed E-state index contributed by atoms with van der Waals surface area (Å²) >= 11 is 0. The predicted octanol–water partition coefficient (Wildman–Crippen LogP) is 5.33. The summed E-state index contributed by atoms with van der Waals surface area (Å²) in [5.41, 5.74) is 0.168. The van der Waals surface area contributed by atoms with E-state index in [9.17, 15) is 19.8 Å². The molecule has 3 saturated heterocycles. The van der Waals surface area contributed by atoms with Crippen LogP contribution in [0.5, 0.6) is 0 Å². The van der Waals surface area contributed by atoms with Crippen LogP contribution in [0.2, 0.25) is 0 Å². The molecule has 1 spiro atoms. The molecule has 1 aliphatic carbocycles. The van der Waals surface area contributed by atoms with Gasteiger partial charge in [-0.3, -0.25) is 9.59 Å². The summed E-state index contributed by atoms with van der Waals surface area (Å²) in [7, 11) is 3.41. The average Bonchev–Trinajstić information content (AvgIpc) is 3.50. The van der Waals surface area contributed by atoms with E-state index >= 15 is 0 Å². The van der Waals surface area contributed by atoms with Gasteiger partial charge < -0.3 is 48.3 Å². The van der Waals surface area contributed by atoms with Crippen molar-refractivity contribution in [3.05, 3.63) is 59.3 Å². The van der Waals surface area contributed by atoms with Crippen LogP contribution in [0.25, 0.3) is 0 Å². The minimum Gasteiger partial charge on any atom is -0.462 e. The van der Waals surface area contributed by atoms with Gasteiger partial charge in [0.1, 0.15) is 29.8 Å². The van der Waals surface area contributed by atoms with Crippen molar-refractivity contribution >= 4 is 11.9 Å². The molecular weight excluding hydrogens is 718 g/mol. The Hall–Kier alpha value is -2.68. The van der Waals surface area contributed by atoms with E-state index in [4.69, 9.17) is 33.2 Å². The van der Waals surface area contributed by atoms with Crippen molar-refractivity contribution in [2.24, 2.45) is 23.7 Å². The van der Waals surface area contributed by atoms with Gasteiger partial charge in [-0.1, -0.05) is 70.6 Å². The van der Waals surface area contributed by atoms with Crippen LogP contribution in [-0.4, -0.2) is 120 Å². The highest BCUT2D eigenvalue weighted by Gasteiger charge is 2.60. The van der Waals surface area contributed by atoms with Gasteiger partial charge in [0.15, 0.2) is 12.1 Å². The first-order valence-electron chi connectivity index (χ1n) is 20.6. The fourth-order valence-electron chi connectivity index (χ4n) is 9.64. The first-order chi connectivity index (χ1) is 26.5. The van der Waals surface area contributed by atoms with Gasteiger partial charge in [0, 0.05) is 52.2 Å². The van der Waals surface area contributed by atoms with E-state index in [1.807, 2.05) is 32.1 Å². The molecule has 1 amide bonds. The Morgan fingerprint density at radius 1 is 1.09 bits per heavy atom.